The molecule has 0 radical (unpaired) electrons. The fraction of sp³-hybridized carbons (Fsp3) is 0.700. The summed E-state index contributed by atoms with van der Waals surface area (Å²) in [4.78, 5) is 20.8. The van der Waals surface area contributed by atoms with Crippen LogP contribution in [0.3, 0.4) is 0 Å². The van der Waals surface area contributed by atoms with Crippen LogP contribution >= 0.6 is 0 Å². The number of terminal acetylenes is 2. The summed E-state index contributed by atoms with van der Waals surface area (Å²) in [6, 6.07) is 0. The van der Waals surface area contributed by atoms with Gasteiger partial charge in [-0.3, -0.25) is 9.59 Å². The van der Waals surface area contributed by atoms with Crippen molar-refractivity contribution in [1.29, 1.82) is 0 Å². The van der Waals surface area contributed by atoms with Gasteiger partial charge in [-0.2, -0.15) is 0 Å². The smallest absolute Gasteiger partial charge is 0.306 e. The molecule has 0 saturated carbocycles. The summed E-state index contributed by atoms with van der Waals surface area (Å²) in [6.07, 6.45) is 19.3. The third-order valence-electron chi connectivity index (χ3n) is 3.76. The second-order valence-electron chi connectivity index (χ2n) is 6.09. The molecule has 4 nitrogen and oxygen atoms in total. The molecule has 0 heterocycles. The van der Waals surface area contributed by atoms with Crippen LogP contribution in [0, 0.1) is 36.5 Å². The molecule has 0 rings (SSSR count). The quantitative estimate of drug-likeness (QED) is 0.404. The predicted molar refractivity (Wildman–Crippen MR) is 97.4 cm³/mol. The molecule has 0 amide bonds. The minimum absolute atomic E-state index is 0.212. The topological polar surface area (TPSA) is 74.6 Å². The van der Waals surface area contributed by atoms with Gasteiger partial charge in [0.25, 0.3) is 0 Å². The van der Waals surface area contributed by atoms with Crippen molar-refractivity contribution in [3.63, 3.8) is 0 Å². The highest BCUT2D eigenvalue weighted by Gasteiger charge is 2.09. The van der Waals surface area contributed by atoms with Gasteiger partial charge in [-0.1, -0.05) is 39.5 Å². The van der Waals surface area contributed by atoms with Gasteiger partial charge < -0.3 is 10.2 Å². The van der Waals surface area contributed by atoms with Crippen molar-refractivity contribution in [2.45, 2.75) is 78.1 Å². The summed E-state index contributed by atoms with van der Waals surface area (Å²) in [5.74, 6) is 3.30. The minimum Gasteiger partial charge on any atom is -0.481 e. The van der Waals surface area contributed by atoms with Crippen LogP contribution in [-0.2, 0) is 9.59 Å². The zero-order valence-electron chi connectivity index (χ0n) is 15.1. The van der Waals surface area contributed by atoms with Gasteiger partial charge in [0, 0.05) is 12.8 Å². The molecule has 0 aliphatic heterocycles. The second kappa shape index (κ2) is 17.4. The van der Waals surface area contributed by atoms with Crippen LogP contribution in [0.4, 0.5) is 0 Å². The number of rotatable bonds is 12. The zero-order chi connectivity index (χ0) is 18.8. The van der Waals surface area contributed by atoms with E-state index in [2.05, 4.69) is 11.8 Å². The maximum atomic E-state index is 10.4. The first kappa shape index (κ1) is 24.3. The first-order valence-corrected chi connectivity index (χ1v) is 8.69. The normalized spacial score (nSPS) is 12.0. The summed E-state index contributed by atoms with van der Waals surface area (Å²) in [5, 5.41) is 17.1. The van der Waals surface area contributed by atoms with E-state index in [0.29, 0.717) is 0 Å². The van der Waals surface area contributed by atoms with Gasteiger partial charge in [0.1, 0.15) is 0 Å². The van der Waals surface area contributed by atoms with Gasteiger partial charge in [-0.15, -0.1) is 24.7 Å². The lowest BCUT2D eigenvalue weighted by molar-refractivity contribution is -0.142. The Balaban J connectivity index is 0. The lowest BCUT2D eigenvalue weighted by Crippen LogP contribution is -2.08. The van der Waals surface area contributed by atoms with E-state index in [9.17, 15) is 9.59 Å². The molecule has 0 bridgehead atoms. The molecule has 0 aromatic rings. The van der Waals surface area contributed by atoms with E-state index >= 15 is 0 Å². The Kier molecular flexibility index (Phi) is 17.6. The third kappa shape index (κ3) is 18.1. The van der Waals surface area contributed by atoms with Crippen LogP contribution < -0.4 is 0 Å². The maximum Gasteiger partial charge on any atom is 0.306 e. The SMILES string of the molecule is C#CCCCCCC(C)C(=O)O.C#CCCCCCC(C)C(=O)O. The van der Waals surface area contributed by atoms with Crippen LogP contribution in [0.5, 0.6) is 0 Å². The fourth-order valence-electron chi connectivity index (χ4n) is 1.96. The second-order valence-corrected chi connectivity index (χ2v) is 6.09. The molecule has 2 atom stereocenters. The highest BCUT2D eigenvalue weighted by molar-refractivity contribution is 5.69. The Labute approximate surface area is 147 Å². The van der Waals surface area contributed by atoms with Gasteiger partial charge in [0.2, 0.25) is 0 Å². The van der Waals surface area contributed by atoms with E-state index in [-0.39, 0.29) is 11.8 Å². The molecule has 0 aromatic carbocycles. The zero-order valence-corrected chi connectivity index (χ0v) is 15.1. The van der Waals surface area contributed by atoms with Crippen molar-refractivity contribution in [3.8, 4) is 24.7 Å². The van der Waals surface area contributed by atoms with Gasteiger partial charge >= 0.3 is 11.9 Å². The average Bonchev–Trinajstić information content (AvgIpc) is 2.54. The highest BCUT2D eigenvalue weighted by atomic mass is 16.4. The average molecular weight is 336 g/mol. The van der Waals surface area contributed by atoms with E-state index in [0.717, 1.165) is 64.2 Å². The van der Waals surface area contributed by atoms with Crippen LogP contribution in [0.1, 0.15) is 78.1 Å². The number of unbranched alkanes of at least 4 members (excludes halogenated alkanes) is 6. The summed E-state index contributed by atoms with van der Waals surface area (Å²) in [7, 11) is 0. The molecule has 0 fully saturated rings. The van der Waals surface area contributed by atoms with Gasteiger partial charge in [-0.25, -0.2) is 0 Å². The largest absolute Gasteiger partial charge is 0.481 e. The Morgan fingerprint density at radius 2 is 1.08 bits per heavy atom. The van der Waals surface area contributed by atoms with E-state index in [1.54, 1.807) is 13.8 Å². The number of hydrogen-bond donors (Lipinski definition) is 2. The summed E-state index contributed by atoms with van der Waals surface area (Å²) in [5.41, 5.74) is 0. The molecule has 136 valence electrons. The predicted octanol–water partition coefficient (Wildman–Crippen LogP) is 4.58. The van der Waals surface area contributed by atoms with Crippen molar-refractivity contribution in [1.82, 2.24) is 0 Å². The minimum atomic E-state index is -0.702. The maximum absolute atomic E-state index is 10.4. The van der Waals surface area contributed by atoms with Crippen LogP contribution in [0.15, 0.2) is 0 Å². The number of carboxylic acids is 2. The summed E-state index contributed by atoms with van der Waals surface area (Å²) in [6.45, 7) is 3.48. The Morgan fingerprint density at radius 3 is 1.33 bits per heavy atom. The molecule has 0 aromatic heterocycles. The van der Waals surface area contributed by atoms with Crippen LogP contribution in [-0.4, -0.2) is 22.2 Å². The molecule has 24 heavy (non-hydrogen) atoms. The van der Waals surface area contributed by atoms with E-state index in [1.165, 1.54) is 0 Å². The summed E-state index contributed by atoms with van der Waals surface area (Å²) >= 11 is 0. The number of hydrogen-bond acceptors (Lipinski definition) is 2. The molecule has 0 aliphatic rings. The van der Waals surface area contributed by atoms with Crippen molar-refractivity contribution >= 4 is 11.9 Å². The standard InChI is InChI=1S/2C10H16O2/c2*1-3-4-5-6-7-8-9(2)10(11)12/h2*1,9H,4-8H2,2H3,(H,11,12). The molecule has 0 spiro atoms. The molecule has 0 saturated heterocycles. The lowest BCUT2D eigenvalue weighted by atomic mass is 10.0. The fourth-order valence-corrected chi connectivity index (χ4v) is 1.96. The first-order chi connectivity index (χ1) is 11.4. The Morgan fingerprint density at radius 1 is 0.750 bits per heavy atom. The van der Waals surface area contributed by atoms with E-state index in [4.69, 9.17) is 23.1 Å². The lowest BCUT2D eigenvalue weighted by Gasteiger charge is -2.03. The molecule has 2 N–H and O–H groups in total. The van der Waals surface area contributed by atoms with Gasteiger partial charge in [0.15, 0.2) is 0 Å². The summed E-state index contributed by atoms with van der Waals surface area (Å²) < 4.78 is 0. The molecule has 4 heteroatoms. The monoisotopic (exact) mass is 336 g/mol. The third-order valence-corrected chi connectivity index (χ3v) is 3.76. The molecular formula is C20H32O4. The van der Waals surface area contributed by atoms with Gasteiger partial charge in [-0.05, 0) is 25.7 Å². The molecule has 2 unspecified atom stereocenters. The molecular weight excluding hydrogens is 304 g/mol. The van der Waals surface area contributed by atoms with E-state index in [1.807, 2.05) is 0 Å². The Bertz CT molecular complexity index is 374. The van der Waals surface area contributed by atoms with Crippen molar-refractivity contribution in [3.05, 3.63) is 0 Å². The van der Waals surface area contributed by atoms with Crippen molar-refractivity contribution < 1.29 is 19.8 Å². The number of carboxylic acid groups (broad SMARTS) is 2. The number of carbonyl (C=O) groups is 2. The van der Waals surface area contributed by atoms with Crippen LogP contribution in [0.25, 0.3) is 0 Å². The number of aliphatic carboxylic acids is 2. The van der Waals surface area contributed by atoms with Crippen molar-refractivity contribution in [2.75, 3.05) is 0 Å². The van der Waals surface area contributed by atoms with Gasteiger partial charge in [0.05, 0.1) is 11.8 Å². The van der Waals surface area contributed by atoms with Crippen LogP contribution in [0.2, 0.25) is 0 Å². The highest BCUT2D eigenvalue weighted by Crippen LogP contribution is 2.10. The van der Waals surface area contributed by atoms with E-state index < -0.39 is 11.9 Å². The first-order valence-electron chi connectivity index (χ1n) is 8.69. The van der Waals surface area contributed by atoms with Crippen molar-refractivity contribution in [2.24, 2.45) is 11.8 Å². The Hall–Kier alpha value is -1.94. The molecule has 0 aliphatic carbocycles.